The number of benzene rings is 1. The van der Waals surface area contributed by atoms with Gasteiger partial charge in [0.1, 0.15) is 11.6 Å². The molecule has 0 saturated heterocycles. The van der Waals surface area contributed by atoms with Gasteiger partial charge < -0.3 is 10.6 Å². The average Bonchev–Trinajstić information content (AvgIpc) is 3.07. The van der Waals surface area contributed by atoms with E-state index in [2.05, 4.69) is 20.6 Å². The van der Waals surface area contributed by atoms with Crippen LogP contribution in [0, 0.1) is 6.92 Å². The van der Waals surface area contributed by atoms with E-state index in [1.54, 1.807) is 24.5 Å². The first-order valence-corrected chi connectivity index (χ1v) is 8.60. The summed E-state index contributed by atoms with van der Waals surface area (Å²) in [7, 11) is 0. The van der Waals surface area contributed by atoms with E-state index < -0.39 is 0 Å². The molecule has 2 heterocycles. The number of pyridine rings is 1. The molecule has 7 heteroatoms. The van der Waals surface area contributed by atoms with Crippen LogP contribution in [0.5, 0.6) is 0 Å². The normalized spacial score (nSPS) is 10.4. The first-order chi connectivity index (χ1) is 13.0. The van der Waals surface area contributed by atoms with Crippen LogP contribution in [-0.2, 0) is 22.6 Å². The summed E-state index contributed by atoms with van der Waals surface area (Å²) >= 11 is 0. The number of nitrogens with one attached hydrogen (secondary N) is 2. The van der Waals surface area contributed by atoms with Crippen LogP contribution in [0.1, 0.15) is 23.9 Å². The first kappa shape index (κ1) is 18.3. The van der Waals surface area contributed by atoms with Gasteiger partial charge >= 0.3 is 0 Å². The molecular weight excluding hydrogens is 342 g/mol. The molecule has 0 fully saturated rings. The highest BCUT2D eigenvalue weighted by molar-refractivity contribution is 5.88. The molecule has 0 saturated carbocycles. The molecule has 7 nitrogen and oxygen atoms in total. The van der Waals surface area contributed by atoms with E-state index >= 15 is 0 Å². The topological polar surface area (TPSA) is 88.9 Å². The number of anilines is 1. The van der Waals surface area contributed by atoms with Gasteiger partial charge in [0, 0.05) is 37.7 Å². The van der Waals surface area contributed by atoms with Crippen LogP contribution >= 0.6 is 0 Å². The molecule has 0 aliphatic rings. The third-order valence-electron chi connectivity index (χ3n) is 4.01. The Morgan fingerprint density at radius 3 is 2.48 bits per heavy atom. The van der Waals surface area contributed by atoms with Crippen molar-refractivity contribution in [3.8, 4) is 5.82 Å². The lowest BCUT2D eigenvalue weighted by molar-refractivity contribution is -0.120. The van der Waals surface area contributed by atoms with Crippen LogP contribution in [0.2, 0.25) is 0 Å². The van der Waals surface area contributed by atoms with E-state index in [4.69, 9.17) is 0 Å². The van der Waals surface area contributed by atoms with Gasteiger partial charge in [0.05, 0.1) is 6.42 Å². The summed E-state index contributed by atoms with van der Waals surface area (Å²) in [4.78, 5) is 31.8. The zero-order chi connectivity index (χ0) is 19.2. The van der Waals surface area contributed by atoms with E-state index in [1.165, 1.54) is 6.92 Å². The monoisotopic (exact) mass is 363 g/mol. The minimum atomic E-state index is -0.122. The smallest absolute Gasteiger partial charge is 0.224 e. The summed E-state index contributed by atoms with van der Waals surface area (Å²) in [6, 6.07) is 11.0. The Balaban J connectivity index is 1.56. The van der Waals surface area contributed by atoms with Gasteiger partial charge in [0.15, 0.2) is 0 Å². The lowest BCUT2D eigenvalue weighted by Gasteiger charge is -2.09. The van der Waals surface area contributed by atoms with Crippen molar-refractivity contribution in [3.63, 3.8) is 0 Å². The number of amides is 2. The molecule has 138 valence electrons. The standard InChI is InChI=1S/C20H21N5O2/c1-14-21-9-10-25(14)19-11-17(7-8-22-19)13-23-20(27)12-16-3-5-18(6-4-16)24-15(2)26/h3-11H,12-13H2,1-2H3,(H,23,27)(H,24,26). The second-order valence-corrected chi connectivity index (χ2v) is 6.20. The van der Waals surface area contributed by atoms with Crippen LogP contribution in [0.3, 0.4) is 0 Å². The summed E-state index contributed by atoms with van der Waals surface area (Å²) in [5.41, 5.74) is 2.55. The molecule has 3 rings (SSSR count). The molecule has 2 aromatic heterocycles. The Labute approximate surface area is 157 Å². The summed E-state index contributed by atoms with van der Waals surface area (Å²) in [5.74, 6) is 1.43. The highest BCUT2D eigenvalue weighted by Gasteiger charge is 2.06. The van der Waals surface area contributed by atoms with Crippen LogP contribution in [0.25, 0.3) is 5.82 Å². The van der Waals surface area contributed by atoms with E-state index in [-0.39, 0.29) is 18.2 Å². The number of carbonyl (C=O) groups excluding carboxylic acids is 2. The second kappa shape index (κ2) is 8.27. The van der Waals surface area contributed by atoms with Crippen molar-refractivity contribution in [1.29, 1.82) is 0 Å². The van der Waals surface area contributed by atoms with Gasteiger partial charge in [0.2, 0.25) is 11.8 Å². The summed E-state index contributed by atoms with van der Waals surface area (Å²) in [5, 5.41) is 5.62. The van der Waals surface area contributed by atoms with Crippen molar-refractivity contribution in [2.45, 2.75) is 26.8 Å². The van der Waals surface area contributed by atoms with Crippen molar-refractivity contribution in [1.82, 2.24) is 19.9 Å². The largest absolute Gasteiger partial charge is 0.352 e. The van der Waals surface area contributed by atoms with E-state index in [0.717, 1.165) is 22.8 Å². The summed E-state index contributed by atoms with van der Waals surface area (Å²) in [6.45, 7) is 3.79. The van der Waals surface area contributed by atoms with Crippen molar-refractivity contribution in [2.24, 2.45) is 0 Å². The fraction of sp³-hybridized carbons (Fsp3) is 0.200. The number of aromatic nitrogens is 3. The number of rotatable bonds is 6. The van der Waals surface area contributed by atoms with Gasteiger partial charge in [-0.1, -0.05) is 12.1 Å². The van der Waals surface area contributed by atoms with Crippen molar-refractivity contribution < 1.29 is 9.59 Å². The summed E-state index contributed by atoms with van der Waals surface area (Å²) < 4.78 is 1.89. The Bertz CT molecular complexity index is 947. The predicted molar refractivity (Wildman–Crippen MR) is 102 cm³/mol. The minimum Gasteiger partial charge on any atom is -0.352 e. The molecular formula is C20H21N5O2. The fourth-order valence-corrected chi connectivity index (χ4v) is 2.68. The third kappa shape index (κ3) is 5.01. The zero-order valence-corrected chi connectivity index (χ0v) is 15.3. The Morgan fingerprint density at radius 2 is 1.81 bits per heavy atom. The van der Waals surface area contributed by atoms with Gasteiger partial charge in [-0.25, -0.2) is 9.97 Å². The Kier molecular flexibility index (Phi) is 5.61. The lowest BCUT2D eigenvalue weighted by Crippen LogP contribution is -2.24. The highest BCUT2D eigenvalue weighted by atomic mass is 16.2. The van der Waals surface area contributed by atoms with E-state index in [9.17, 15) is 9.59 Å². The second-order valence-electron chi connectivity index (χ2n) is 6.20. The molecule has 0 bridgehead atoms. The van der Waals surface area contributed by atoms with Crippen LogP contribution < -0.4 is 10.6 Å². The maximum absolute atomic E-state index is 12.2. The Hall–Kier alpha value is -3.48. The third-order valence-corrected chi connectivity index (χ3v) is 4.01. The number of imidazole rings is 1. The number of carbonyl (C=O) groups is 2. The lowest BCUT2D eigenvalue weighted by atomic mass is 10.1. The molecule has 0 unspecified atom stereocenters. The molecule has 0 radical (unpaired) electrons. The van der Waals surface area contributed by atoms with Crippen LogP contribution in [0.4, 0.5) is 5.69 Å². The SMILES string of the molecule is CC(=O)Nc1ccc(CC(=O)NCc2ccnc(-n3ccnc3C)c2)cc1. The zero-order valence-electron chi connectivity index (χ0n) is 15.3. The number of hydrogen-bond donors (Lipinski definition) is 2. The first-order valence-electron chi connectivity index (χ1n) is 8.60. The van der Waals surface area contributed by atoms with Crippen molar-refractivity contribution >= 4 is 17.5 Å². The molecule has 1 aromatic carbocycles. The van der Waals surface area contributed by atoms with Gasteiger partial charge in [-0.05, 0) is 42.3 Å². The quantitative estimate of drug-likeness (QED) is 0.704. The van der Waals surface area contributed by atoms with Crippen molar-refractivity contribution in [2.75, 3.05) is 5.32 Å². The fourth-order valence-electron chi connectivity index (χ4n) is 2.68. The summed E-state index contributed by atoms with van der Waals surface area (Å²) in [6.07, 6.45) is 5.57. The van der Waals surface area contributed by atoms with Crippen molar-refractivity contribution in [3.05, 3.63) is 71.9 Å². The van der Waals surface area contributed by atoms with Crippen LogP contribution in [-0.4, -0.2) is 26.3 Å². The van der Waals surface area contributed by atoms with Gasteiger partial charge in [-0.3, -0.25) is 14.2 Å². The molecule has 0 aliphatic heterocycles. The molecule has 0 atom stereocenters. The maximum atomic E-state index is 12.2. The molecule has 2 N–H and O–H groups in total. The molecule has 27 heavy (non-hydrogen) atoms. The molecule has 3 aromatic rings. The van der Waals surface area contributed by atoms with Gasteiger partial charge in [0.25, 0.3) is 0 Å². The average molecular weight is 363 g/mol. The predicted octanol–water partition coefficient (Wildman–Crippen LogP) is 2.39. The number of aryl methyl sites for hydroxylation is 1. The maximum Gasteiger partial charge on any atom is 0.224 e. The minimum absolute atomic E-state index is 0.0700. The molecule has 0 spiro atoms. The van der Waals surface area contributed by atoms with E-state index in [0.29, 0.717) is 12.2 Å². The van der Waals surface area contributed by atoms with Gasteiger partial charge in [-0.2, -0.15) is 0 Å². The van der Waals surface area contributed by atoms with Crippen LogP contribution in [0.15, 0.2) is 55.0 Å². The number of nitrogens with zero attached hydrogens (tertiary/aromatic N) is 3. The molecule has 2 amide bonds. The van der Waals surface area contributed by atoms with Gasteiger partial charge in [-0.15, -0.1) is 0 Å². The molecule has 0 aliphatic carbocycles. The van der Waals surface area contributed by atoms with E-state index in [1.807, 2.05) is 42.0 Å². The highest BCUT2D eigenvalue weighted by Crippen LogP contribution is 2.11. The Morgan fingerprint density at radius 1 is 1.04 bits per heavy atom. The number of hydrogen-bond acceptors (Lipinski definition) is 4.